The van der Waals surface area contributed by atoms with Crippen LogP contribution in [0.3, 0.4) is 0 Å². The Hall–Kier alpha value is -0.670. The molecule has 1 rings (SSSR count). The van der Waals surface area contributed by atoms with Crippen molar-refractivity contribution < 1.29 is 4.74 Å². The maximum atomic E-state index is 5.72. The molecule has 0 atom stereocenters. The van der Waals surface area contributed by atoms with Crippen LogP contribution in [0.4, 0.5) is 0 Å². The highest BCUT2D eigenvalue weighted by Crippen LogP contribution is 2.37. The Morgan fingerprint density at radius 1 is 1.40 bits per heavy atom. The highest BCUT2D eigenvalue weighted by atomic mass is 32.2. The van der Waals surface area contributed by atoms with E-state index in [4.69, 9.17) is 10.5 Å². The van der Waals surface area contributed by atoms with Gasteiger partial charge in [-0.3, -0.25) is 0 Å². The summed E-state index contributed by atoms with van der Waals surface area (Å²) in [5.41, 5.74) is 6.96. The molecule has 0 bridgehead atoms. The Morgan fingerprint density at radius 2 is 2.07 bits per heavy atom. The van der Waals surface area contributed by atoms with Crippen LogP contribution in [-0.2, 0) is 0 Å². The van der Waals surface area contributed by atoms with Crippen molar-refractivity contribution in [2.75, 3.05) is 13.7 Å². The van der Waals surface area contributed by atoms with E-state index in [0.29, 0.717) is 6.54 Å². The minimum atomic E-state index is 0.0427. The molecule has 0 heterocycles. The molecular formula is C12H19NOS. The summed E-state index contributed by atoms with van der Waals surface area (Å²) in [5, 5.41) is 0. The van der Waals surface area contributed by atoms with Gasteiger partial charge >= 0.3 is 0 Å². The first-order valence-corrected chi connectivity index (χ1v) is 5.84. The number of hydrogen-bond donors (Lipinski definition) is 1. The van der Waals surface area contributed by atoms with Gasteiger partial charge in [0, 0.05) is 11.3 Å². The Labute approximate surface area is 96.2 Å². The van der Waals surface area contributed by atoms with Gasteiger partial charge in [-0.25, -0.2) is 0 Å². The molecule has 0 aromatic heterocycles. The summed E-state index contributed by atoms with van der Waals surface area (Å²) < 4.78 is 5.37. The van der Waals surface area contributed by atoms with E-state index in [-0.39, 0.29) is 4.75 Å². The molecular weight excluding hydrogens is 206 g/mol. The number of methoxy groups -OCH3 is 1. The van der Waals surface area contributed by atoms with Crippen molar-refractivity contribution in [2.24, 2.45) is 5.73 Å². The molecule has 1 aromatic rings. The van der Waals surface area contributed by atoms with Gasteiger partial charge < -0.3 is 10.5 Å². The zero-order valence-corrected chi connectivity index (χ0v) is 10.6. The first-order chi connectivity index (χ1) is 6.98. The third-order valence-electron chi connectivity index (χ3n) is 2.20. The van der Waals surface area contributed by atoms with Crippen LogP contribution in [0.25, 0.3) is 0 Å². The standard InChI is InChI=1S/C12H19NOS/c1-9-5-6-10(14-4)11(7-9)15-12(2,3)8-13/h5-7H,8,13H2,1-4H3. The zero-order valence-electron chi connectivity index (χ0n) is 9.83. The van der Waals surface area contributed by atoms with E-state index < -0.39 is 0 Å². The van der Waals surface area contributed by atoms with Crippen LogP contribution in [0.1, 0.15) is 19.4 Å². The molecule has 0 radical (unpaired) electrons. The van der Waals surface area contributed by atoms with Gasteiger partial charge in [0.15, 0.2) is 0 Å². The molecule has 3 heteroatoms. The fraction of sp³-hybridized carbons (Fsp3) is 0.500. The van der Waals surface area contributed by atoms with Gasteiger partial charge in [-0.1, -0.05) is 6.07 Å². The molecule has 0 aliphatic rings. The van der Waals surface area contributed by atoms with E-state index in [0.717, 1.165) is 10.6 Å². The van der Waals surface area contributed by atoms with E-state index >= 15 is 0 Å². The molecule has 0 aliphatic heterocycles. The summed E-state index contributed by atoms with van der Waals surface area (Å²) in [4.78, 5) is 1.16. The second-order valence-corrected chi connectivity index (χ2v) is 5.97. The molecule has 0 aliphatic carbocycles. The number of aryl methyl sites for hydroxylation is 1. The molecule has 2 nitrogen and oxygen atoms in total. The fourth-order valence-electron chi connectivity index (χ4n) is 1.20. The molecule has 1 aromatic carbocycles. The van der Waals surface area contributed by atoms with E-state index in [1.54, 1.807) is 18.9 Å². The molecule has 0 amide bonds. The summed E-state index contributed by atoms with van der Waals surface area (Å²) in [7, 11) is 1.70. The number of hydrogen-bond acceptors (Lipinski definition) is 3. The number of benzene rings is 1. The van der Waals surface area contributed by atoms with E-state index in [1.165, 1.54) is 5.56 Å². The summed E-state index contributed by atoms with van der Waals surface area (Å²) in [6, 6.07) is 6.20. The first kappa shape index (κ1) is 12.4. The van der Waals surface area contributed by atoms with Crippen LogP contribution in [0.5, 0.6) is 5.75 Å². The SMILES string of the molecule is COc1ccc(C)cc1SC(C)(C)CN. The Bertz CT molecular complexity index is 336. The number of thioether (sulfide) groups is 1. The summed E-state index contributed by atoms with van der Waals surface area (Å²) in [5.74, 6) is 0.923. The average molecular weight is 225 g/mol. The lowest BCUT2D eigenvalue weighted by Gasteiger charge is -2.23. The fourth-order valence-corrected chi connectivity index (χ4v) is 2.38. The van der Waals surface area contributed by atoms with Gasteiger partial charge in [-0.15, -0.1) is 11.8 Å². The molecule has 2 N–H and O–H groups in total. The van der Waals surface area contributed by atoms with Crippen LogP contribution in [0, 0.1) is 6.92 Å². The Balaban J connectivity index is 2.97. The first-order valence-electron chi connectivity index (χ1n) is 5.02. The molecule has 84 valence electrons. The van der Waals surface area contributed by atoms with Gasteiger partial charge in [-0.05, 0) is 38.5 Å². The number of rotatable bonds is 4. The van der Waals surface area contributed by atoms with E-state index in [2.05, 4.69) is 32.9 Å². The number of ether oxygens (including phenoxy) is 1. The summed E-state index contributed by atoms with van der Waals surface area (Å²) >= 11 is 1.76. The van der Waals surface area contributed by atoms with Crippen LogP contribution >= 0.6 is 11.8 Å². The second kappa shape index (κ2) is 4.90. The van der Waals surface area contributed by atoms with Crippen molar-refractivity contribution in [3.8, 4) is 5.75 Å². The molecule has 0 spiro atoms. The highest BCUT2D eigenvalue weighted by molar-refractivity contribution is 8.00. The topological polar surface area (TPSA) is 35.2 Å². The maximum Gasteiger partial charge on any atom is 0.132 e. The third kappa shape index (κ3) is 3.43. The molecule has 0 unspecified atom stereocenters. The number of nitrogens with two attached hydrogens (primary N) is 1. The van der Waals surface area contributed by atoms with Gasteiger partial charge in [0.05, 0.1) is 12.0 Å². The Morgan fingerprint density at radius 3 is 2.60 bits per heavy atom. The van der Waals surface area contributed by atoms with Crippen molar-refractivity contribution in [3.63, 3.8) is 0 Å². The van der Waals surface area contributed by atoms with Gasteiger partial charge in [0.2, 0.25) is 0 Å². The van der Waals surface area contributed by atoms with Crippen LogP contribution in [0.15, 0.2) is 23.1 Å². The van der Waals surface area contributed by atoms with Crippen molar-refractivity contribution in [1.82, 2.24) is 0 Å². The Kier molecular flexibility index (Phi) is 4.05. The van der Waals surface area contributed by atoms with Crippen molar-refractivity contribution in [3.05, 3.63) is 23.8 Å². The molecule has 0 saturated heterocycles. The van der Waals surface area contributed by atoms with Gasteiger partial charge in [-0.2, -0.15) is 0 Å². The lowest BCUT2D eigenvalue weighted by atomic mass is 10.2. The molecule has 0 saturated carbocycles. The average Bonchev–Trinajstić information content (AvgIpc) is 2.18. The van der Waals surface area contributed by atoms with Crippen molar-refractivity contribution in [1.29, 1.82) is 0 Å². The highest BCUT2D eigenvalue weighted by Gasteiger charge is 2.19. The van der Waals surface area contributed by atoms with Crippen LogP contribution < -0.4 is 10.5 Å². The lowest BCUT2D eigenvalue weighted by Crippen LogP contribution is -2.26. The van der Waals surface area contributed by atoms with E-state index in [1.807, 2.05) is 6.07 Å². The predicted molar refractivity (Wildman–Crippen MR) is 66.7 cm³/mol. The normalized spacial score (nSPS) is 11.5. The molecule has 15 heavy (non-hydrogen) atoms. The second-order valence-electron chi connectivity index (χ2n) is 4.22. The van der Waals surface area contributed by atoms with Gasteiger partial charge in [0.25, 0.3) is 0 Å². The van der Waals surface area contributed by atoms with Crippen molar-refractivity contribution in [2.45, 2.75) is 30.4 Å². The van der Waals surface area contributed by atoms with Crippen LogP contribution in [-0.4, -0.2) is 18.4 Å². The van der Waals surface area contributed by atoms with Crippen molar-refractivity contribution >= 4 is 11.8 Å². The lowest BCUT2D eigenvalue weighted by molar-refractivity contribution is 0.404. The smallest absolute Gasteiger partial charge is 0.132 e. The largest absolute Gasteiger partial charge is 0.496 e. The van der Waals surface area contributed by atoms with E-state index in [9.17, 15) is 0 Å². The minimum absolute atomic E-state index is 0.0427. The monoisotopic (exact) mass is 225 g/mol. The molecule has 0 fully saturated rings. The third-order valence-corrected chi connectivity index (χ3v) is 3.46. The predicted octanol–water partition coefficient (Wildman–Crippen LogP) is 2.83. The quantitative estimate of drug-likeness (QED) is 0.800. The summed E-state index contributed by atoms with van der Waals surface area (Å²) in [6.07, 6.45) is 0. The minimum Gasteiger partial charge on any atom is -0.496 e. The maximum absolute atomic E-state index is 5.72. The summed E-state index contributed by atoms with van der Waals surface area (Å²) in [6.45, 7) is 7.01. The van der Waals surface area contributed by atoms with Crippen LogP contribution in [0.2, 0.25) is 0 Å². The zero-order chi connectivity index (χ0) is 11.5. The van der Waals surface area contributed by atoms with Gasteiger partial charge in [0.1, 0.15) is 5.75 Å².